The first kappa shape index (κ1) is 15.4. The predicted molar refractivity (Wildman–Crippen MR) is 72.9 cm³/mol. The summed E-state index contributed by atoms with van der Waals surface area (Å²) in [6.45, 7) is 5.43. The molecule has 1 unspecified atom stereocenters. The Kier molecular flexibility index (Phi) is 5.29. The Morgan fingerprint density at radius 2 is 2.00 bits per heavy atom. The van der Waals surface area contributed by atoms with Crippen LogP contribution >= 0.6 is 11.3 Å². The molecule has 2 N–H and O–H groups in total. The third-order valence-electron chi connectivity index (χ3n) is 2.61. The Morgan fingerprint density at radius 3 is 2.42 bits per heavy atom. The van der Waals surface area contributed by atoms with E-state index in [0.717, 1.165) is 5.69 Å². The quantitative estimate of drug-likeness (QED) is 0.795. The molecule has 7 heteroatoms. The average molecular weight is 286 g/mol. The van der Waals surface area contributed by atoms with Gasteiger partial charge in [0.1, 0.15) is 6.54 Å². The molecule has 0 aromatic carbocycles. The second-order valence-electron chi connectivity index (χ2n) is 4.72. The molecular formula is C12H18N2O4S. The molecule has 19 heavy (non-hydrogen) atoms. The summed E-state index contributed by atoms with van der Waals surface area (Å²) in [6, 6.07) is 0. The molecule has 0 aliphatic rings. The van der Waals surface area contributed by atoms with E-state index in [1.165, 1.54) is 16.2 Å². The highest BCUT2D eigenvalue weighted by molar-refractivity contribution is 7.13. The van der Waals surface area contributed by atoms with Crippen LogP contribution in [0.4, 0.5) is 5.13 Å². The van der Waals surface area contributed by atoms with E-state index in [1.54, 1.807) is 6.92 Å². The van der Waals surface area contributed by atoms with Crippen LogP contribution in [0.15, 0.2) is 5.38 Å². The van der Waals surface area contributed by atoms with Gasteiger partial charge in [0, 0.05) is 11.9 Å². The normalized spacial score (nSPS) is 12.4. The zero-order valence-corrected chi connectivity index (χ0v) is 12.0. The number of nitrogens with zero attached hydrogens (tertiary/aromatic N) is 2. The number of carbonyl (C=O) groups is 2. The Hall–Kier alpha value is -1.63. The van der Waals surface area contributed by atoms with Crippen molar-refractivity contribution in [3.05, 3.63) is 11.1 Å². The lowest BCUT2D eigenvalue weighted by Crippen LogP contribution is -2.35. The molecule has 1 aromatic rings. The number of carboxylic acid groups (broad SMARTS) is 2. The third-order valence-corrected chi connectivity index (χ3v) is 3.53. The highest BCUT2D eigenvalue weighted by atomic mass is 32.1. The molecule has 6 nitrogen and oxygen atoms in total. The summed E-state index contributed by atoms with van der Waals surface area (Å²) >= 11 is 1.34. The van der Waals surface area contributed by atoms with Crippen molar-refractivity contribution in [2.24, 2.45) is 5.92 Å². The van der Waals surface area contributed by atoms with Gasteiger partial charge in [0.15, 0.2) is 5.13 Å². The monoisotopic (exact) mass is 286 g/mol. The molecule has 1 heterocycles. The van der Waals surface area contributed by atoms with Crippen molar-refractivity contribution < 1.29 is 19.8 Å². The number of carboxylic acids is 2. The number of thiazole rings is 1. The Morgan fingerprint density at radius 1 is 1.37 bits per heavy atom. The zero-order chi connectivity index (χ0) is 14.6. The predicted octanol–water partition coefficient (Wildman–Crippen LogP) is 1.88. The Balaban J connectivity index is 2.88. The van der Waals surface area contributed by atoms with Crippen molar-refractivity contribution in [2.45, 2.75) is 26.7 Å². The smallest absolute Gasteiger partial charge is 0.323 e. The maximum absolute atomic E-state index is 10.9. The lowest BCUT2D eigenvalue weighted by molar-refractivity contribution is -0.141. The minimum absolute atomic E-state index is 0.132. The Labute approximate surface area is 115 Å². The molecule has 0 radical (unpaired) electrons. The van der Waals surface area contributed by atoms with Crippen molar-refractivity contribution in [3.63, 3.8) is 0 Å². The van der Waals surface area contributed by atoms with Gasteiger partial charge >= 0.3 is 11.9 Å². The minimum atomic E-state index is -1.00. The minimum Gasteiger partial charge on any atom is -0.481 e. The molecule has 0 aliphatic heterocycles. The fourth-order valence-corrected chi connectivity index (χ4v) is 2.47. The maximum atomic E-state index is 10.9. The number of hydrogen-bond donors (Lipinski definition) is 2. The van der Waals surface area contributed by atoms with Crippen LogP contribution in [0.5, 0.6) is 0 Å². The van der Waals surface area contributed by atoms with E-state index >= 15 is 0 Å². The van der Waals surface area contributed by atoms with Gasteiger partial charge in [0.2, 0.25) is 0 Å². The first-order chi connectivity index (χ1) is 8.81. The molecule has 1 atom stereocenters. The largest absolute Gasteiger partial charge is 0.481 e. The van der Waals surface area contributed by atoms with Gasteiger partial charge in [-0.1, -0.05) is 20.8 Å². The molecule has 1 rings (SSSR count). The number of anilines is 1. The van der Waals surface area contributed by atoms with Crippen LogP contribution in [0.25, 0.3) is 0 Å². The van der Waals surface area contributed by atoms with E-state index in [1.807, 2.05) is 19.2 Å². The van der Waals surface area contributed by atoms with Gasteiger partial charge in [0.25, 0.3) is 0 Å². The van der Waals surface area contributed by atoms with E-state index in [2.05, 4.69) is 4.98 Å². The fourth-order valence-electron chi connectivity index (χ4n) is 1.47. The number of aromatic nitrogens is 1. The topological polar surface area (TPSA) is 90.7 Å². The van der Waals surface area contributed by atoms with Crippen LogP contribution in [0.2, 0.25) is 0 Å². The van der Waals surface area contributed by atoms with Gasteiger partial charge in [-0.2, -0.15) is 0 Å². The van der Waals surface area contributed by atoms with Crippen molar-refractivity contribution >= 4 is 28.4 Å². The van der Waals surface area contributed by atoms with E-state index in [0.29, 0.717) is 5.13 Å². The fraction of sp³-hybridized carbons (Fsp3) is 0.583. The van der Waals surface area contributed by atoms with Crippen LogP contribution in [-0.2, 0) is 9.59 Å². The van der Waals surface area contributed by atoms with E-state index in [4.69, 9.17) is 10.2 Å². The lowest BCUT2D eigenvalue weighted by atomic mass is 10.1. The van der Waals surface area contributed by atoms with Gasteiger partial charge in [-0.15, -0.1) is 11.3 Å². The summed E-state index contributed by atoms with van der Waals surface area (Å²) in [6.07, 6.45) is 0. The number of aliphatic carboxylic acids is 2. The van der Waals surface area contributed by atoms with E-state index in [9.17, 15) is 9.59 Å². The van der Waals surface area contributed by atoms with Crippen molar-refractivity contribution in [1.82, 2.24) is 4.98 Å². The molecule has 0 saturated heterocycles. The lowest BCUT2D eigenvalue weighted by Gasteiger charge is -2.21. The van der Waals surface area contributed by atoms with Crippen LogP contribution < -0.4 is 4.90 Å². The molecular weight excluding hydrogens is 268 g/mol. The molecule has 106 valence electrons. The first-order valence-electron chi connectivity index (χ1n) is 5.96. The summed E-state index contributed by atoms with van der Waals surface area (Å²) in [5.41, 5.74) is 0.887. The first-order valence-corrected chi connectivity index (χ1v) is 6.84. The summed E-state index contributed by atoms with van der Waals surface area (Å²) in [7, 11) is 0. The summed E-state index contributed by atoms with van der Waals surface area (Å²) in [4.78, 5) is 27.6. The molecule has 0 aliphatic carbocycles. The average Bonchev–Trinajstić information content (AvgIpc) is 2.76. The number of rotatable bonds is 7. The summed E-state index contributed by atoms with van der Waals surface area (Å²) in [5, 5.41) is 20.2. The van der Waals surface area contributed by atoms with Crippen LogP contribution in [-0.4, -0.2) is 40.2 Å². The standard InChI is InChI=1S/C12H18N2O4S/c1-7(2)9-6-19-12(13-9)14(5-10(15)16)4-8(3)11(17)18/h6-8H,4-5H2,1-3H3,(H,15,16)(H,17,18). The summed E-state index contributed by atoms with van der Waals surface area (Å²) < 4.78 is 0. The molecule has 0 bridgehead atoms. The highest BCUT2D eigenvalue weighted by Gasteiger charge is 2.21. The molecule has 0 spiro atoms. The summed E-state index contributed by atoms with van der Waals surface area (Å²) in [5.74, 6) is -2.34. The SMILES string of the molecule is CC(CN(CC(=O)O)c1nc(C(C)C)cs1)C(=O)O. The van der Waals surface area contributed by atoms with E-state index in [-0.39, 0.29) is 19.0 Å². The third kappa shape index (κ3) is 4.51. The zero-order valence-electron chi connectivity index (χ0n) is 11.2. The molecule has 0 fully saturated rings. The van der Waals surface area contributed by atoms with Crippen LogP contribution in [0, 0.1) is 5.92 Å². The highest BCUT2D eigenvalue weighted by Crippen LogP contribution is 2.25. The van der Waals surface area contributed by atoms with Gasteiger partial charge in [-0.25, -0.2) is 4.98 Å². The van der Waals surface area contributed by atoms with Gasteiger partial charge < -0.3 is 15.1 Å². The van der Waals surface area contributed by atoms with Gasteiger partial charge in [0.05, 0.1) is 11.6 Å². The van der Waals surface area contributed by atoms with E-state index < -0.39 is 17.9 Å². The molecule has 0 saturated carbocycles. The Bertz CT molecular complexity index is 458. The van der Waals surface area contributed by atoms with Crippen LogP contribution in [0.3, 0.4) is 0 Å². The van der Waals surface area contributed by atoms with Crippen molar-refractivity contribution in [1.29, 1.82) is 0 Å². The van der Waals surface area contributed by atoms with Crippen molar-refractivity contribution in [3.8, 4) is 0 Å². The number of hydrogen-bond acceptors (Lipinski definition) is 5. The molecule has 0 amide bonds. The van der Waals surface area contributed by atoms with Gasteiger partial charge in [-0.05, 0) is 5.92 Å². The maximum Gasteiger partial charge on any atom is 0.323 e. The van der Waals surface area contributed by atoms with Crippen LogP contribution in [0.1, 0.15) is 32.4 Å². The van der Waals surface area contributed by atoms with Crippen molar-refractivity contribution in [2.75, 3.05) is 18.0 Å². The van der Waals surface area contributed by atoms with Gasteiger partial charge in [-0.3, -0.25) is 9.59 Å². The molecule has 1 aromatic heterocycles. The second-order valence-corrected chi connectivity index (χ2v) is 5.56. The second kappa shape index (κ2) is 6.51.